The van der Waals surface area contributed by atoms with Crippen molar-refractivity contribution in [1.29, 1.82) is 0 Å². The summed E-state index contributed by atoms with van der Waals surface area (Å²) in [5, 5.41) is 16.8. The number of quaternary nitrogens is 1. The fourth-order valence-corrected chi connectivity index (χ4v) is 4.16. The maximum atomic E-state index is 10.9. The molecule has 0 radical (unpaired) electrons. The van der Waals surface area contributed by atoms with Crippen molar-refractivity contribution in [2.75, 3.05) is 20.3 Å². The van der Waals surface area contributed by atoms with Gasteiger partial charge in [0.2, 0.25) is 0 Å². The molecule has 1 heterocycles. The molecule has 4 N–H and O–H groups in total. The van der Waals surface area contributed by atoms with Crippen LogP contribution in [0.3, 0.4) is 0 Å². The molecule has 172 valence electrons. The van der Waals surface area contributed by atoms with Crippen LogP contribution in [-0.2, 0) is 0 Å². The Labute approximate surface area is 194 Å². The maximum Gasteiger partial charge on any atom is 0.190 e. The van der Waals surface area contributed by atoms with Crippen LogP contribution in [0.5, 0.6) is 23.0 Å². The van der Waals surface area contributed by atoms with E-state index in [9.17, 15) is 5.11 Å². The quantitative estimate of drug-likeness (QED) is 0.484. The molecule has 1 aliphatic heterocycles. The SMILES string of the molecule is CCOc1ccc(C2=CC(c3cccc(OCC)c3O)[NH2+]C(c3ccccc3OC)N2)cc1. The van der Waals surface area contributed by atoms with E-state index in [1.54, 1.807) is 13.2 Å². The maximum absolute atomic E-state index is 10.9. The highest BCUT2D eigenvalue weighted by Crippen LogP contribution is 2.36. The molecular formula is C27H31N2O4+. The first kappa shape index (κ1) is 22.6. The highest BCUT2D eigenvalue weighted by molar-refractivity contribution is 5.67. The highest BCUT2D eigenvalue weighted by Gasteiger charge is 2.31. The summed E-state index contributed by atoms with van der Waals surface area (Å²) in [6, 6.07) is 21.5. The van der Waals surface area contributed by atoms with Gasteiger partial charge in [0.05, 0.1) is 31.5 Å². The van der Waals surface area contributed by atoms with Gasteiger partial charge >= 0.3 is 0 Å². The number of nitrogens with two attached hydrogens (primary N) is 1. The van der Waals surface area contributed by atoms with Crippen LogP contribution in [0.4, 0.5) is 0 Å². The van der Waals surface area contributed by atoms with E-state index in [0.717, 1.165) is 33.9 Å². The topological polar surface area (TPSA) is 76.6 Å². The minimum Gasteiger partial charge on any atom is -0.504 e. The first-order valence-electron chi connectivity index (χ1n) is 11.3. The zero-order valence-electron chi connectivity index (χ0n) is 19.2. The molecule has 1 aliphatic rings. The Morgan fingerprint density at radius 1 is 0.848 bits per heavy atom. The first-order valence-corrected chi connectivity index (χ1v) is 11.3. The number of para-hydroxylation sites is 2. The fraction of sp³-hybridized carbons (Fsp3) is 0.259. The molecular weight excluding hydrogens is 416 g/mol. The highest BCUT2D eigenvalue weighted by atomic mass is 16.5. The van der Waals surface area contributed by atoms with Crippen LogP contribution in [0.1, 0.15) is 42.7 Å². The van der Waals surface area contributed by atoms with Gasteiger partial charge in [-0.05, 0) is 67.9 Å². The molecule has 0 saturated carbocycles. The molecule has 0 spiro atoms. The number of phenolic OH excluding ortho intramolecular Hbond substituents is 1. The average Bonchev–Trinajstić information content (AvgIpc) is 2.86. The van der Waals surface area contributed by atoms with E-state index < -0.39 is 0 Å². The van der Waals surface area contributed by atoms with Crippen molar-refractivity contribution in [3.8, 4) is 23.0 Å². The van der Waals surface area contributed by atoms with Gasteiger partial charge in [-0.15, -0.1) is 0 Å². The van der Waals surface area contributed by atoms with Gasteiger partial charge in [-0.1, -0.05) is 18.2 Å². The van der Waals surface area contributed by atoms with E-state index in [2.05, 4.69) is 22.8 Å². The molecule has 4 rings (SSSR count). The lowest BCUT2D eigenvalue weighted by molar-refractivity contribution is -0.731. The number of ether oxygens (including phenoxy) is 3. The Bertz CT molecular complexity index is 1110. The van der Waals surface area contributed by atoms with Crippen LogP contribution in [0.25, 0.3) is 5.70 Å². The lowest BCUT2D eigenvalue weighted by atomic mass is 9.97. The third-order valence-electron chi connectivity index (χ3n) is 5.70. The average molecular weight is 448 g/mol. The van der Waals surface area contributed by atoms with Crippen LogP contribution in [0.2, 0.25) is 0 Å². The van der Waals surface area contributed by atoms with E-state index in [1.165, 1.54) is 0 Å². The van der Waals surface area contributed by atoms with Crippen molar-refractivity contribution < 1.29 is 24.6 Å². The van der Waals surface area contributed by atoms with Crippen LogP contribution in [0.15, 0.2) is 72.8 Å². The number of methoxy groups -OCH3 is 1. The van der Waals surface area contributed by atoms with Gasteiger partial charge in [0.15, 0.2) is 17.7 Å². The standard InChI is InChI=1S/C27H30N2O4/c1-4-32-19-15-13-18(14-16-19)22-17-23(20-10-8-12-25(26(20)30)33-5-2)29-27(28-22)21-9-6-7-11-24(21)31-3/h6-17,23,27-30H,4-5H2,1-3H3/p+1. The number of hydrogen-bond donors (Lipinski definition) is 3. The van der Waals surface area contributed by atoms with E-state index in [-0.39, 0.29) is 18.0 Å². The third-order valence-corrected chi connectivity index (χ3v) is 5.70. The normalized spacial score (nSPS) is 17.6. The number of nitrogens with one attached hydrogen (secondary N) is 1. The van der Waals surface area contributed by atoms with Crippen LogP contribution in [0, 0.1) is 0 Å². The summed E-state index contributed by atoms with van der Waals surface area (Å²) in [7, 11) is 1.68. The Kier molecular flexibility index (Phi) is 7.05. The van der Waals surface area contributed by atoms with Gasteiger partial charge in [0.1, 0.15) is 17.5 Å². The Hall–Kier alpha value is -3.64. The summed E-state index contributed by atoms with van der Waals surface area (Å²) in [4.78, 5) is 0. The van der Waals surface area contributed by atoms with Crippen molar-refractivity contribution >= 4 is 5.70 Å². The number of benzene rings is 3. The van der Waals surface area contributed by atoms with Crippen molar-refractivity contribution in [1.82, 2.24) is 5.32 Å². The number of hydrogen-bond acceptors (Lipinski definition) is 5. The lowest BCUT2D eigenvalue weighted by Crippen LogP contribution is -2.89. The van der Waals surface area contributed by atoms with Gasteiger partial charge in [0.25, 0.3) is 0 Å². The number of rotatable bonds is 8. The van der Waals surface area contributed by atoms with Crippen LogP contribution in [-0.4, -0.2) is 25.4 Å². The second-order valence-electron chi connectivity index (χ2n) is 7.75. The summed E-state index contributed by atoms with van der Waals surface area (Å²) in [6.45, 7) is 5.00. The molecule has 3 aromatic carbocycles. The Morgan fingerprint density at radius 3 is 2.27 bits per heavy atom. The summed E-state index contributed by atoms with van der Waals surface area (Å²) in [5.41, 5.74) is 3.84. The number of phenols is 1. The Balaban J connectivity index is 1.76. The molecule has 0 fully saturated rings. The summed E-state index contributed by atoms with van der Waals surface area (Å²) < 4.78 is 16.9. The molecule has 0 saturated heterocycles. The van der Waals surface area contributed by atoms with Crippen LogP contribution < -0.4 is 24.8 Å². The van der Waals surface area contributed by atoms with Gasteiger partial charge < -0.3 is 30.0 Å². The molecule has 2 unspecified atom stereocenters. The molecule has 6 nitrogen and oxygen atoms in total. The third kappa shape index (κ3) is 4.91. The molecule has 3 aromatic rings. The Morgan fingerprint density at radius 2 is 1.55 bits per heavy atom. The number of aromatic hydroxyl groups is 1. The molecule has 0 bridgehead atoms. The van der Waals surface area contributed by atoms with E-state index >= 15 is 0 Å². The second-order valence-corrected chi connectivity index (χ2v) is 7.75. The monoisotopic (exact) mass is 447 g/mol. The van der Waals surface area contributed by atoms with Gasteiger partial charge in [-0.25, -0.2) is 0 Å². The minimum atomic E-state index is -0.136. The van der Waals surface area contributed by atoms with Crippen molar-refractivity contribution in [2.45, 2.75) is 26.1 Å². The van der Waals surface area contributed by atoms with Crippen molar-refractivity contribution in [2.24, 2.45) is 0 Å². The van der Waals surface area contributed by atoms with E-state index in [1.807, 2.05) is 68.4 Å². The fourth-order valence-electron chi connectivity index (χ4n) is 4.16. The van der Waals surface area contributed by atoms with Gasteiger partial charge in [-0.3, -0.25) is 0 Å². The zero-order valence-corrected chi connectivity index (χ0v) is 19.2. The lowest BCUT2D eigenvalue weighted by Gasteiger charge is -2.31. The van der Waals surface area contributed by atoms with E-state index in [4.69, 9.17) is 14.2 Å². The summed E-state index contributed by atoms with van der Waals surface area (Å²) in [5.74, 6) is 2.31. The molecule has 0 aromatic heterocycles. The zero-order chi connectivity index (χ0) is 23.2. The molecule has 6 heteroatoms. The minimum absolute atomic E-state index is 0.118. The first-order chi connectivity index (χ1) is 16.1. The second kappa shape index (κ2) is 10.3. The predicted molar refractivity (Wildman–Crippen MR) is 128 cm³/mol. The van der Waals surface area contributed by atoms with E-state index in [0.29, 0.717) is 19.0 Å². The van der Waals surface area contributed by atoms with Crippen LogP contribution >= 0.6 is 0 Å². The van der Waals surface area contributed by atoms with Gasteiger partial charge in [-0.2, -0.15) is 0 Å². The summed E-state index contributed by atoms with van der Waals surface area (Å²) >= 11 is 0. The summed E-state index contributed by atoms with van der Waals surface area (Å²) in [6.07, 6.45) is 2.01. The van der Waals surface area contributed by atoms with Gasteiger partial charge in [0, 0.05) is 11.8 Å². The largest absolute Gasteiger partial charge is 0.504 e. The van der Waals surface area contributed by atoms with Crippen molar-refractivity contribution in [3.05, 3.63) is 89.5 Å². The predicted octanol–water partition coefficient (Wildman–Crippen LogP) is 4.15. The molecule has 0 aliphatic carbocycles. The molecule has 0 amide bonds. The molecule has 33 heavy (non-hydrogen) atoms. The molecule has 2 atom stereocenters. The van der Waals surface area contributed by atoms with Crippen molar-refractivity contribution in [3.63, 3.8) is 0 Å². The smallest absolute Gasteiger partial charge is 0.190 e.